The first kappa shape index (κ1) is 21.7. The predicted octanol–water partition coefficient (Wildman–Crippen LogP) is 4.12. The number of pyridine rings is 1. The summed E-state index contributed by atoms with van der Waals surface area (Å²) in [6, 6.07) is 3.51. The fourth-order valence-corrected chi connectivity index (χ4v) is 3.37. The molecule has 3 rings (SSSR count). The quantitative estimate of drug-likeness (QED) is 0.441. The molecule has 0 saturated carbocycles. The number of nitrogens with zero attached hydrogens (tertiary/aromatic N) is 3. The van der Waals surface area contributed by atoms with Crippen LogP contribution < -0.4 is 5.56 Å². The normalized spacial score (nSPS) is 12.4. The first-order valence-electron chi connectivity index (χ1n) is 8.23. The Morgan fingerprint density at radius 2 is 1.87 bits per heavy atom. The Bertz CT molecular complexity index is 1150. The second-order valence-electron chi connectivity index (χ2n) is 5.86. The van der Waals surface area contributed by atoms with E-state index in [-0.39, 0.29) is 21.7 Å². The summed E-state index contributed by atoms with van der Waals surface area (Å²) in [7, 11) is 0. The lowest BCUT2D eigenvalue weighted by atomic mass is 10.1. The van der Waals surface area contributed by atoms with Crippen LogP contribution in [-0.2, 0) is 28.4 Å². The minimum Gasteiger partial charge on any atom is -0.465 e. The molecule has 6 nitrogen and oxygen atoms in total. The average Bonchev–Trinajstić information content (AvgIpc) is 3.16. The number of halogens is 6. The fraction of sp³-hybridized carbons (Fsp3) is 0.294. The molecule has 30 heavy (non-hydrogen) atoms. The van der Waals surface area contributed by atoms with Gasteiger partial charge in [-0.2, -0.15) is 26.3 Å². The van der Waals surface area contributed by atoms with Gasteiger partial charge in [-0.3, -0.25) is 14.2 Å². The molecule has 0 aromatic carbocycles. The fourth-order valence-electron chi connectivity index (χ4n) is 2.69. The number of carbonyl (C=O) groups is 1. The number of hydrogen-bond acceptors (Lipinski definition) is 6. The molecule has 0 unspecified atom stereocenters. The van der Waals surface area contributed by atoms with Crippen LogP contribution in [0.2, 0.25) is 0 Å². The van der Waals surface area contributed by atoms with Gasteiger partial charge in [-0.05, 0) is 24.4 Å². The summed E-state index contributed by atoms with van der Waals surface area (Å²) in [6.45, 7) is -0.0777. The zero-order valence-corrected chi connectivity index (χ0v) is 15.8. The SMILES string of the molecule is CCOC(=O)Cn1c(C(F)(F)F)nc2nc(-c3cccs3)cc(C(F)(F)F)c2c1=O. The highest BCUT2D eigenvalue weighted by atomic mass is 32.1. The van der Waals surface area contributed by atoms with Crippen molar-refractivity contribution in [3.05, 3.63) is 45.3 Å². The van der Waals surface area contributed by atoms with Crippen molar-refractivity contribution < 1.29 is 35.9 Å². The van der Waals surface area contributed by atoms with Crippen molar-refractivity contribution >= 4 is 28.3 Å². The molecule has 3 heterocycles. The van der Waals surface area contributed by atoms with Gasteiger partial charge in [0.25, 0.3) is 5.56 Å². The Balaban J connectivity index is 2.40. The molecule has 0 atom stereocenters. The molecule has 0 radical (unpaired) electrons. The Morgan fingerprint density at radius 3 is 2.40 bits per heavy atom. The number of esters is 1. The van der Waals surface area contributed by atoms with Crippen LogP contribution in [0, 0.1) is 0 Å². The van der Waals surface area contributed by atoms with Gasteiger partial charge >= 0.3 is 18.3 Å². The van der Waals surface area contributed by atoms with Crippen molar-refractivity contribution in [1.29, 1.82) is 0 Å². The highest BCUT2D eigenvalue weighted by molar-refractivity contribution is 7.13. The third kappa shape index (κ3) is 4.15. The second-order valence-corrected chi connectivity index (χ2v) is 6.81. The highest BCUT2D eigenvalue weighted by Crippen LogP contribution is 2.37. The molecule has 0 fully saturated rings. The largest absolute Gasteiger partial charge is 0.465 e. The molecule has 0 saturated heterocycles. The summed E-state index contributed by atoms with van der Waals surface area (Å²) < 4.78 is 85.7. The summed E-state index contributed by atoms with van der Waals surface area (Å²) in [5.74, 6) is -3.08. The standard InChI is InChI=1S/C17H11F6N3O3S/c1-2-29-11(27)7-26-14(28)12-8(16(18,19)20)6-9(10-4-3-5-30-10)24-13(12)25-15(26)17(21,22)23/h3-6H,2,7H2,1H3. The van der Waals surface area contributed by atoms with E-state index in [2.05, 4.69) is 14.7 Å². The van der Waals surface area contributed by atoms with Crippen LogP contribution >= 0.6 is 11.3 Å². The van der Waals surface area contributed by atoms with Crippen LogP contribution in [0.5, 0.6) is 0 Å². The Morgan fingerprint density at radius 1 is 1.17 bits per heavy atom. The minimum absolute atomic E-state index is 0.179. The molecule has 0 spiro atoms. The van der Waals surface area contributed by atoms with E-state index in [1.807, 2.05) is 0 Å². The first-order chi connectivity index (χ1) is 13.9. The van der Waals surface area contributed by atoms with E-state index >= 15 is 0 Å². The van der Waals surface area contributed by atoms with Crippen LogP contribution in [0.3, 0.4) is 0 Å². The minimum atomic E-state index is -5.24. The van der Waals surface area contributed by atoms with Gasteiger partial charge in [-0.25, -0.2) is 9.97 Å². The van der Waals surface area contributed by atoms with Crippen molar-refractivity contribution in [2.24, 2.45) is 0 Å². The van der Waals surface area contributed by atoms with Crippen LogP contribution in [0.25, 0.3) is 21.6 Å². The van der Waals surface area contributed by atoms with Crippen LogP contribution in [0.15, 0.2) is 28.4 Å². The molecule has 160 valence electrons. The Kier molecular flexibility index (Phi) is 5.58. The van der Waals surface area contributed by atoms with Gasteiger partial charge in [0.2, 0.25) is 5.82 Å². The maximum Gasteiger partial charge on any atom is 0.449 e. The number of ether oxygens (including phenoxy) is 1. The van der Waals surface area contributed by atoms with E-state index in [0.29, 0.717) is 6.07 Å². The van der Waals surface area contributed by atoms with E-state index in [0.717, 1.165) is 11.3 Å². The molecule has 3 aromatic heterocycles. The van der Waals surface area contributed by atoms with Crippen molar-refractivity contribution in [2.75, 3.05) is 6.61 Å². The molecule has 0 bridgehead atoms. The number of fused-ring (bicyclic) bond motifs is 1. The number of aromatic nitrogens is 3. The number of hydrogen-bond donors (Lipinski definition) is 0. The van der Waals surface area contributed by atoms with E-state index < -0.39 is 52.8 Å². The number of carbonyl (C=O) groups excluding carboxylic acids is 1. The van der Waals surface area contributed by atoms with E-state index in [4.69, 9.17) is 0 Å². The molecular weight excluding hydrogens is 440 g/mol. The van der Waals surface area contributed by atoms with Gasteiger partial charge in [-0.1, -0.05) is 6.07 Å². The van der Waals surface area contributed by atoms with E-state index in [9.17, 15) is 35.9 Å². The third-order valence-electron chi connectivity index (χ3n) is 3.85. The van der Waals surface area contributed by atoms with Crippen LogP contribution in [0.4, 0.5) is 26.3 Å². The number of alkyl halides is 6. The zero-order valence-electron chi connectivity index (χ0n) is 15.0. The summed E-state index contributed by atoms with van der Waals surface area (Å²) in [6.07, 6.45) is -10.3. The topological polar surface area (TPSA) is 74.1 Å². The molecule has 13 heteroatoms. The average molecular weight is 451 g/mol. The molecule has 0 N–H and O–H groups in total. The van der Waals surface area contributed by atoms with Gasteiger partial charge in [-0.15, -0.1) is 11.3 Å². The molecule has 3 aromatic rings. The molecule has 0 aliphatic heterocycles. The first-order valence-corrected chi connectivity index (χ1v) is 9.11. The van der Waals surface area contributed by atoms with Crippen LogP contribution in [-0.4, -0.2) is 27.1 Å². The molecular formula is C17H11F6N3O3S. The molecule has 0 aliphatic carbocycles. The lowest BCUT2D eigenvalue weighted by Crippen LogP contribution is -2.34. The summed E-state index contributed by atoms with van der Waals surface area (Å²) in [5, 5.41) is 0.375. The van der Waals surface area contributed by atoms with E-state index in [1.165, 1.54) is 19.1 Å². The lowest BCUT2D eigenvalue weighted by Gasteiger charge is -2.17. The zero-order chi connectivity index (χ0) is 22.3. The maximum atomic E-state index is 13.7. The van der Waals surface area contributed by atoms with Gasteiger partial charge in [0.15, 0.2) is 5.65 Å². The van der Waals surface area contributed by atoms with Crippen molar-refractivity contribution in [1.82, 2.24) is 14.5 Å². The Labute approximate surface area is 167 Å². The summed E-state index contributed by atoms with van der Waals surface area (Å²) in [5.41, 5.74) is -4.50. The van der Waals surface area contributed by atoms with Crippen LogP contribution in [0.1, 0.15) is 18.3 Å². The van der Waals surface area contributed by atoms with Gasteiger partial charge in [0.1, 0.15) is 6.54 Å². The van der Waals surface area contributed by atoms with Crippen molar-refractivity contribution in [3.63, 3.8) is 0 Å². The van der Waals surface area contributed by atoms with Gasteiger partial charge in [0.05, 0.1) is 28.1 Å². The Hall–Kier alpha value is -2.96. The summed E-state index contributed by atoms with van der Waals surface area (Å²) >= 11 is 1.01. The smallest absolute Gasteiger partial charge is 0.449 e. The monoisotopic (exact) mass is 451 g/mol. The van der Waals surface area contributed by atoms with Gasteiger partial charge in [0, 0.05) is 0 Å². The van der Waals surface area contributed by atoms with Gasteiger partial charge < -0.3 is 4.74 Å². The highest BCUT2D eigenvalue weighted by Gasteiger charge is 2.41. The number of thiophene rings is 1. The predicted molar refractivity (Wildman–Crippen MR) is 93.7 cm³/mol. The summed E-state index contributed by atoms with van der Waals surface area (Å²) in [4.78, 5) is 31.5. The third-order valence-corrected chi connectivity index (χ3v) is 4.74. The van der Waals surface area contributed by atoms with Crippen molar-refractivity contribution in [2.45, 2.75) is 25.8 Å². The van der Waals surface area contributed by atoms with Crippen molar-refractivity contribution in [3.8, 4) is 10.6 Å². The van der Waals surface area contributed by atoms with E-state index in [1.54, 1.807) is 5.38 Å². The lowest BCUT2D eigenvalue weighted by molar-refractivity contribution is -0.151. The molecule has 0 aliphatic rings. The second kappa shape index (κ2) is 7.70. The maximum absolute atomic E-state index is 13.7. The molecule has 0 amide bonds. The number of rotatable bonds is 4.